The van der Waals surface area contributed by atoms with Gasteiger partial charge in [0, 0.05) is 12.2 Å². The Labute approximate surface area is 98.2 Å². The van der Waals surface area contributed by atoms with Crippen molar-refractivity contribution in [3.63, 3.8) is 0 Å². The molecule has 2 heteroatoms. The number of nitrogens with two attached hydrogens (primary N) is 1. The molecular formula is C14H22N2. The summed E-state index contributed by atoms with van der Waals surface area (Å²) in [5.74, 6) is 0.720. The molecular weight excluding hydrogens is 196 g/mol. The van der Waals surface area contributed by atoms with Gasteiger partial charge in [0.15, 0.2) is 0 Å². The van der Waals surface area contributed by atoms with Gasteiger partial charge in [-0.15, -0.1) is 0 Å². The maximum Gasteiger partial charge on any atom is 0.0523 e. The van der Waals surface area contributed by atoms with Crippen LogP contribution in [0.3, 0.4) is 0 Å². The molecule has 0 saturated heterocycles. The Morgan fingerprint density at radius 2 is 2.12 bits per heavy atom. The van der Waals surface area contributed by atoms with E-state index in [1.807, 2.05) is 6.07 Å². The Morgan fingerprint density at radius 3 is 2.75 bits per heavy atom. The SMILES string of the molecule is CCC1CCCC1(CN)Nc1ccccc1. The predicted molar refractivity (Wildman–Crippen MR) is 69.5 cm³/mol. The molecule has 1 aromatic carbocycles. The van der Waals surface area contributed by atoms with Gasteiger partial charge in [0.1, 0.15) is 0 Å². The van der Waals surface area contributed by atoms with Crippen LogP contribution in [-0.4, -0.2) is 12.1 Å². The molecule has 0 amide bonds. The molecule has 16 heavy (non-hydrogen) atoms. The van der Waals surface area contributed by atoms with E-state index in [1.165, 1.54) is 31.4 Å². The summed E-state index contributed by atoms with van der Waals surface area (Å²) < 4.78 is 0. The van der Waals surface area contributed by atoms with Crippen LogP contribution in [0, 0.1) is 5.92 Å². The van der Waals surface area contributed by atoms with Crippen LogP contribution >= 0.6 is 0 Å². The predicted octanol–water partition coefficient (Wildman–Crippen LogP) is 3.01. The minimum Gasteiger partial charge on any atom is -0.378 e. The Kier molecular flexibility index (Phi) is 3.49. The summed E-state index contributed by atoms with van der Waals surface area (Å²) in [6.45, 7) is 3.01. The fourth-order valence-corrected chi connectivity index (χ4v) is 3.03. The van der Waals surface area contributed by atoms with Gasteiger partial charge >= 0.3 is 0 Å². The lowest BCUT2D eigenvalue weighted by Gasteiger charge is -2.36. The number of hydrogen-bond acceptors (Lipinski definition) is 2. The number of benzene rings is 1. The molecule has 2 unspecified atom stereocenters. The van der Waals surface area contributed by atoms with E-state index in [0.29, 0.717) is 0 Å². The van der Waals surface area contributed by atoms with Crippen molar-refractivity contribution in [1.82, 2.24) is 0 Å². The molecule has 0 aromatic heterocycles. The summed E-state index contributed by atoms with van der Waals surface area (Å²) in [6.07, 6.45) is 5.04. The summed E-state index contributed by atoms with van der Waals surface area (Å²) in [5, 5.41) is 3.68. The largest absolute Gasteiger partial charge is 0.378 e. The van der Waals surface area contributed by atoms with E-state index in [-0.39, 0.29) is 5.54 Å². The normalized spacial score (nSPS) is 29.2. The van der Waals surface area contributed by atoms with Gasteiger partial charge in [-0.1, -0.05) is 38.0 Å². The van der Waals surface area contributed by atoms with Crippen molar-refractivity contribution in [3.8, 4) is 0 Å². The van der Waals surface area contributed by atoms with Crippen molar-refractivity contribution in [1.29, 1.82) is 0 Å². The van der Waals surface area contributed by atoms with Gasteiger partial charge in [0.25, 0.3) is 0 Å². The van der Waals surface area contributed by atoms with Crippen molar-refractivity contribution in [2.24, 2.45) is 11.7 Å². The van der Waals surface area contributed by atoms with Crippen LogP contribution in [0.4, 0.5) is 5.69 Å². The van der Waals surface area contributed by atoms with E-state index in [4.69, 9.17) is 5.73 Å². The molecule has 3 N–H and O–H groups in total. The Hall–Kier alpha value is -1.02. The first-order valence-electron chi connectivity index (χ1n) is 6.34. The number of rotatable bonds is 4. The lowest BCUT2D eigenvalue weighted by molar-refractivity contribution is 0.346. The van der Waals surface area contributed by atoms with E-state index in [9.17, 15) is 0 Å². The first-order valence-corrected chi connectivity index (χ1v) is 6.34. The van der Waals surface area contributed by atoms with Gasteiger partial charge in [-0.25, -0.2) is 0 Å². The number of hydrogen-bond donors (Lipinski definition) is 2. The van der Waals surface area contributed by atoms with Crippen LogP contribution < -0.4 is 11.1 Å². The van der Waals surface area contributed by atoms with Gasteiger partial charge in [-0.05, 0) is 30.9 Å². The zero-order valence-electron chi connectivity index (χ0n) is 10.1. The second kappa shape index (κ2) is 4.88. The van der Waals surface area contributed by atoms with Crippen LogP contribution in [-0.2, 0) is 0 Å². The monoisotopic (exact) mass is 218 g/mol. The van der Waals surface area contributed by atoms with Crippen LogP contribution in [0.15, 0.2) is 30.3 Å². The third-order valence-electron chi connectivity index (χ3n) is 3.98. The fraction of sp³-hybridized carbons (Fsp3) is 0.571. The van der Waals surface area contributed by atoms with Gasteiger partial charge in [0.2, 0.25) is 0 Å². The first-order chi connectivity index (χ1) is 7.80. The van der Waals surface area contributed by atoms with Crippen molar-refractivity contribution in [2.75, 3.05) is 11.9 Å². The van der Waals surface area contributed by atoms with Gasteiger partial charge in [-0.2, -0.15) is 0 Å². The Balaban J connectivity index is 2.16. The van der Waals surface area contributed by atoms with E-state index >= 15 is 0 Å². The third-order valence-corrected chi connectivity index (χ3v) is 3.98. The topological polar surface area (TPSA) is 38.0 Å². The van der Waals surface area contributed by atoms with E-state index < -0.39 is 0 Å². The summed E-state index contributed by atoms with van der Waals surface area (Å²) in [5.41, 5.74) is 7.36. The average Bonchev–Trinajstić information content (AvgIpc) is 2.74. The maximum atomic E-state index is 6.02. The molecule has 0 heterocycles. The third kappa shape index (κ3) is 2.07. The molecule has 1 saturated carbocycles. The minimum absolute atomic E-state index is 0.135. The molecule has 2 rings (SSSR count). The highest BCUT2D eigenvalue weighted by atomic mass is 15.0. The molecule has 1 aromatic rings. The Bertz CT molecular complexity index is 323. The minimum atomic E-state index is 0.135. The van der Waals surface area contributed by atoms with E-state index in [1.54, 1.807) is 0 Å². The molecule has 0 radical (unpaired) electrons. The molecule has 2 atom stereocenters. The lowest BCUT2D eigenvalue weighted by atomic mass is 9.85. The van der Waals surface area contributed by atoms with Gasteiger partial charge < -0.3 is 11.1 Å². The lowest BCUT2D eigenvalue weighted by Crippen LogP contribution is -2.48. The molecule has 0 spiro atoms. The molecule has 1 aliphatic rings. The van der Waals surface area contributed by atoms with Crippen molar-refractivity contribution >= 4 is 5.69 Å². The number of nitrogens with one attached hydrogen (secondary N) is 1. The smallest absolute Gasteiger partial charge is 0.0523 e. The van der Waals surface area contributed by atoms with Crippen LogP contribution in [0.1, 0.15) is 32.6 Å². The number of anilines is 1. The maximum absolute atomic E-state index is 6.02. The van der Waals surface area contributed by atoms with Gasteiger partial charge in [-0.3, -0.25) is 0 Å². The summed E-state index contributed by atoms with van der Waals surface area (Å²) >= 11 is 0. The zero-order valence-corrected chi connectivity index (χ0v) is 10.1. The zero-order chi connectivity index (χ0) is 11.4. The van der Waals surface area contributed by atoms with Crippen molar-refractivity contribution < 1.29 is 0 Å². The van der Waals surface area contributed by atoms with Gasteiger partial charge in [0.05, 0.1) is 5.54 Å². The highest BCUT2D eigenvalue weighted by Crippen LogP contribution is 2.39. The first kappa shape index (κ1) is 11.5. The quantitative estimate of drug-likeness (QED) is 0.815. The Morgan fingerprint density at radius 1 is 1.38 bits per heavy atom. The molecule has 88 valence electrons. The highest BCUT2D eigenvalue weighted by molar-refractivity contribution is 5.46. The molecule has 1 fully saturated rings. The van der Waals surface area contributed by atoms with E-state index in [0.717, 1.165) is 12.5 Å². The van der Waals surface area contributed by atoms with Crippen molar-refractivity contribution in [3.05, 3.63) is 30.3 Å². The van der Waals surface area contributed by atoms with Crippen LogP contribution in [0.2, 0.25) is 0 Å². The number of para-hydroxylation sites is 1. The van der Waals surface area contributed by atoms with Crippen molar-refractivity contribution in [2.45, 2.75) is 38.1 Å². The summed E-state index contributed by atoms with van der Waals surface area (Å²) in [7, 11) is 0. The summed E-state index contributed by atoms with van der Waals surface area (Å²) in [6, 6.07) is 10.4. The second-order valence-corrected chi connectivity index (χ2v) is 4.85. The summed E-state index contributed by atoms with van der Waals surface area (Å²) in [4.78, 5) is 0. The second-order valence-electron chi connectivity index (χ2n) is 4.85. The average molecular weight is 218 g/mol. The fourth-order valence-electron chi connectivity index (χ4n) is 3.03. The molecule has 1 aliphatic carbocycles. The standard InChI is InChI=1S/C14H22N2/c1-2-12-7-6-10-14(12,11-15)16-13-8-4-3-5-9-13/h3-5,8-9,12,16H,2,6-7,10-11,15H2,1H3. The molecule has 2 nitrogen and oxygen atoms in total. The van der Waals surface area contributed by atoms with Crippen LogP contribution in [0.25, 0.3) is 0 Å². The highest BCUT2D eigenvalue weighted by Gasteiger charge is 2.40. The van der Waals surface area contributed by atoms with Crippen LogP contribution in [0.5, 0.6) is 0 Å². The molecule has 0 bridgehead atoms. The van der Waals surface area contributed by atoms with E-state index in [2.05, 4.69) is 36.5 Å². The molecule has 0 aliphatic heterocycles.